The van der Waals surface area contributed by atoms with Crippen LogP contribution in [0.1, 0.15) is 12.5 Å². The first-order valence-electron chi connectivity index (χ1n) is 7.86. The van der Waals surface area contributed by atoms with Gasteiger partial charge in [0.2, 0.25) is 5.91 Å². The van der Waals surface area contributed by atoms with Crippen molar-refractivity contribution in [3.05, 3.63) is 47.0 Å². The molecular weight excluding hydrogens is 385 g/mol. The van der Waals surface area contributed by atoms with Crippen molar-refractivity contribution in [1.29, 1.82) is 0 Å². The molecule has 0 radical (unpaired) electrons. The summed E-state index contributed by atoms with van der Waals surface area (Å²) in [5.41, 5.74) is 1.70. The molecule has 0 spiro atoms. The number of carbonyl (C=O) groups excluding carboxylic acids is 1. The number of hydrogen-bond donors (Lipinski definition) is 2. The largest absolute Gasteiger partial charge is 0.573 e. The summed E-state index contributed by atoms with van der Waals surface area (Å²) in [6.07, 6.45) is -4.75. The number of alkyl halides is 3. The van der Waals surface area contributed by atoms with E-state index in [1.54, 1.807) is 26.0 Å². The summed E-state index contributed by atoms with van der Waals surface area (Å²) >= 11 is 6.04. The Balaban J connectivity index is 2.03. The maximum atomic E-state index is 12.4. The first-order valence-corrected chi connectivity index (χ1v) is 8.24. The highest BCUT2D eigenvalue weighted by molar-refractivity contribution is 6.31. The maximum Gasteiger partial charge on any atom is 0.573 e. The number of methoxy groups -OCH3 is 1. The number of halogens is 4. The van der Waals surface area contributed by atoms with Crippen molar-refractivity contribution in [3.63, 3.8) is 0 Å². The molecule has 5 nitrogen and oxygen atoms in total. The molecule has 0 aliphatic carbocycles. The molecule has 0 unspecified atom stereocenters. The number of anilines is 2. The molecule has 0 saturated heterocycles. The van der Waals surface area contributed by atoms with E-state index in [1.807, 2.05) is 0 Å². The molecule has 9 heteroatoms. The van der Waals surface area contributed by atoms with Crippen molar-refractivity contribution in [3.8, 4) is 11.5 Å². The van der Waals surface area contributed by atoms with E-state index in [1.165, 1.54) is 19.2 Å². The molecule has 2 N–H and O–H groups in total. The smallest absolute Gasteiger partial charge is 0.495 e. The average Bonchev–Trinajstić information content (AvgIpc) is 2.58. The van der Waals surface area contributed by atoms with Crippen LogP contribution in [0.3, 0.4) is 0 Å². The number of ether oxygens (including phenoxy) is 2. The highest BCUT2D eigenvalue weighted by atomic mass is 35.5. The highest BCUT2D eigenvalue weighted by Gasteiger charge is 2.31. The van der Waals surface area contributed by atoms with Gasteiger partial charge < -0.3 is 20.1 Å². The fourth-order valence-corrected chi connectivity index (χ4v) is 2.39. The van der Waals surface area contributed by atoms with Gasteiger partial charge in [-0.15, -0.1) is 13.2 Å². The van der Waals surface area contributed by atoms with E-state index >= 15 is 0 Å². The minimum absolute atomic E-state index is 0.341. The van der Waals surface area contributed by atoms with Crippen molar-refractivity contribution in [2.24, 2.45) is 0 Å². The summed E-state index contributed by atoms with van der Waals surface area (Å²) in [7, 11) is 1.46. The van der Waals surface area contributed by atoms with Gasteiger partial charge in [0.25, 0.3) is 0 Å². The molecule has 2 aromatic rings. The first kappa shape index (κ1) is 20.7. The molecule has 146 valence electrons. The Morgan fingerprint density at radius 1 is 1.19 bits per heavy atom. The first-order chi connectivity index (χ1) is 12.6. The van der Waals surface area contributed by atoms with E-state index in [0.29, 0.717) is 22.1 Å². The molecule has 0 aromatic heterocycles. The predicted octanol–water partition coefficient (Wildman–Crippen LogP) is 4.99. The van der Waals surface area contributed by atoms with Crippen LogP contribution in [0.25, 0.3) is 0 Å². The quantitative estimate of drug-likeness (QED) is 0.714. The molecule has 0 bridgehead atoms. The second-order valence-electron chi connectivity index (χ2n) is 5.73. The molecule has 0 saturated carbocycles. The van der Waals surface area contributed by atoms with Crippen LogP contribution in [0.5, 0.6) is 11.5 Å². The Labute approximate surface area is 159 Å². The number of rotatable bonds is 6. The van der Waals surface area contributed by atoms with Gasteiger partial charge in [-0.05, 0) is 49.7 Å². The average molecular weight is 403 g/mol. The van der Waals surface area contributed by atoms with Crippen LogP contribution < -0.4 is 20.1 Å². The summed E-state index contributed by atoms with van der Waals surface area (Å²) in [5, 5.41) is 6.14. The zero-order chi connectivity index (χ0) is 20.2. The standard InChI is InChI=1S/C18H18ClF3N2O3/c1-10-8-15(16(26-3)9-14(10)19)24-17(25)11(2)23-12-4-6-13(7-5-12)27-18(20,21)22/h4-9,11,23H,1-3H3,(H,24,25)/t11-/m0/s1. The van der Waals surface area contributed by atoms with Gasteiger partial charge in [0.05, 0.1) is 12.8 Å². The second-order valence-corrected chi connectivity index (χ2v) is 6.14. The number of nitrogens with one attached hydrogen (secondary N) is 2. The summed E-state index contributed by atoms with van der Waals surface area (Å²) in [5.74, 6) is -0.281. The van der Waals surface area contributed by atoms with E-state index in [0.717, 1.165) is 17.7 Å². The number of hydrogen-bond acceptors (Lipinski definition) is 4. The van der Waals surface area contributed by atoms with Gasteiger partial charge in [-0.3, -0.25) is 4.79 Å². The molecule has 1 atom stereocenters. The lowest BCUT2D eigenvalue weighted by atomic mass is 10.2. The molecule has 0 aliphatic rings. The molecule has 0 aliphatic heterocycles. The Morgan fingerprint density at radius 2 is 1.81 bits per heavy atom. The van der Waals surface area contributed by atoms with E-state index < -0.39 is 12.4 Å². The number of benzene rings is 2. The van der Waals surface area contributed by atoms with Gasteiger partial charge in [-0.25, -0.2) is 0 Å². The van der Waals surface area contributed by atoms with Crippen LogP contribution in [-0.2, 0) is 4.79 Å². The minimum Gasteiger partial charge on any atom is -0.495 e. The zero-order valence-corrected chi connectivity index (χ0v) is 15.5. The van der Waals surface area contributed by atoms with Crippen LogP contribution in [0.2, 0.25) is 5.02 Å². The maximum absolute atomic E-state index is 12.4. The van der Waals surface area contributed by atoms with Gasteiger partial charge in [0, 0.05) is 16.8 Å². The number of carbonyl (C=O) groups is 1. The summed E-state index contributed by atoms with van der Waals surface area (Å²) < 4.78 is 45.5. The third kappa shape index (κ3) is 5.96. The number of aryl methyl sites for hydroxylation is 1. The van der Waals surface area contributed by atoms with Crippen molar-refractivity contribution in [2.75, 3.05) is 17.7 Å². The van der Waals surface area contributed by atoms with Crippen LogP contribution in [-0.4, -0.2) is 25.4 Å². The summed E-state index contributed by atoms with van der Waals surface area (Å²) in [6, 6.07) is 7.72. The Morgan fingerprint density at radius 3 is 2.37 bits per heavy atom. The van der Waals surface area contributed by atoms with Gasteiger partial charge in [-0.2, -0.15) is 0 Å². The summed E-state index contributed by atoms with van der Waals surface area (Å²) in [4.78, 5) is 12.4. The van der Waals surface area contributed by atoms with Crippen LogP contribution >= 0.6 is 11.6 Å². The Kier molecular flexibility index (Phi) is 6.43. The molecule has 0 fully saturated rings. The van der Waals surface area contributed by atoms with Gasteiger partial charge >= 0.3 is 6.36 Å². The van der Waals surface area contributed by atoms with E-state index in [9.17, 15) is 18.0 Å². The predicted molar refractivity (Wildman–Crippen MR) is 97.6 cm³/mol. The molecule has 0 heterocycles. The summed E-state index contributed by atoms with van der Waals surface area (Å²) in [6.45, 7) is 3.41. The third-order valence-corrected chi connectivity index (χ3v) is 4.01. The van der Waals surface area contributed by atoms with Crippen molar-refractivity contribution >= 4 is 28.9 Å². The van der Waals surface area contributed by atoms with Crippen molar-refractivity contribution in [1.82, 2.24) is 0 Å². The lowest BCUT2D eigenvalue weighted by molar-refractivity contribution is -0.274. The zero-order valence-electron chi connectivity index (χ0n) is 14.8. The molecule has 2 aromatic carbocycles. The topological polar surface area (TPSA) is 59.6 Å². The number of amides is 1. The van der Waals surface area contributed by atoms with Gasteiger partial charge in [0.1, 0.15) is 17.5 Å². The highest BCUT2D eigenvalue weighted by Crippen LogP contribution is 2.31. The van der Waals surface area contributed by atoms with Gasteiger partial charge in [0.15, 0.2) is 0 Å². The van der Waals surface area contributed by atoms with Gasteiger partial charge in [-0.1, -0.05) is 11.6 Å². The Hall–Kier alpha value is -2.61. The second kappa shape index (κ2) is 8.39. The Bertz CT molecular complexity index is 811. The van der Waals surface area contributed by atoms with Crippen molar-refractivity contribution < 1.29 is 27.4 Å². The van der Waals surface area contributed by atoms with Crippen molar-refractivity contribution in [2.45, 2.75) is 26.3 Å². The monoisotopic (exact) mass is 402 g/mol. The van der Waals surface area contributed by atoms with Crippen LogP contribution in [0.15, 0.2) is 36.4 Å². The normalized spacial score (nSPS) is 12.3. The lowest BCUT2D eigenvalue weighted by Crippen LogP contribution is -2.32. The fourth-order valence-electron chi connectivity index (χ4n) is 2.24. The van der Waals surface area contributed by atoms with Crippen LogP contribution in [0.4, 0.5) is 24.5 Å². The SMILES string of the molecule is COc1cc(Cl)c(C)cc1NC(=O)[C@H](C)Nc1ccc(OC(F)(F)F)cc1. The molecular formula is C18H18ClF3N2O3. The molecule has 1 amide bonds. The van der Waals surface area contributed by atoms with E-state index in [2.05, 4.69) is 15.4 Å². The van der Waals surface area contributed by atoms with E-state index in [4.69, 9.17) is 16.3 Å². The minimum atomic E-state index is -4.75. The molecule has 27 heavy (non-hydrogen) atoms. The molecule has 2 rings (SSSR count). The van der Waals surface area contributed by atoms with E-state index in [-0.39, 0.29) is 11.7 Å². The lowest BCUT2D eigenvalue weighted by Gasteiger charge is -2.18. The fraction of sp³-hybridized carbons (Fsp3) is 0.278. The van der Waals surface area contributed by atoms with Crippen LogP contribution in [0, 0.1) is 6.92 Å². The third-order valence-electron chi connectivity index (χ3n) is 3.60.